The zero-order chi connectivity index (χ0) is 20.8. The van der Waals surface area contributed by atoms with Crippen LogP contribution < -0.4 is 10.6 Å². The van der Waals surface area contributed by atoms with E-state index in [1.807, 2.05) is 38.1 Å². The summed E-state index contributed by atoms with van der Waals surface area (Å²) in [6.07, 6.45) is 0. The molecule has 29 heavy (non-hydrogen) atoms. The minimum Gasteiger partial charge on any atom is -0.355 e. The summed E-state index contributed by atoms with van der Waals surface area (Å²) in [5, 5.41) is 15.2. The number of nitrogens with zero attached hydrogens (tertiary/aromatic N) is 6. The Morgan fingerprint density at radius 3 is 2.55 bits per heavy atom. The topological polar surface area (TPSA) is 100 Å². The minimum absolute atomic E-state index is 0.00450. The third kappa shape index (κ3) is 5.36. The summed E-state index contributed by atoms with van der Waals surface area (Å²) >= 11 is 4.73. The van der Waals surface area contributed by atoms with E-state index in [2.05, 4.69) is 46.7 Å². The Labute approximate surface area is 181 Å². The molecule has 3 rings (SSSR count). The van der Waals surface area contributed by atoms with Crippen LogP contribution in [0.4, 0.5) is 11.9 Å². The number of hydrogen-bond acceptors (Lipinski definition) is 8. The first-order chi connectivity index (χ1) is 14.0. The monoisotopic (exact) mass is 478 g/mol. The van der Waals surface area contributed by atoms with Crippen LogP contribution in [0.3, 0.4) is 0 Å². The fourth-order valence-corrected chi connectivity index (χ4v) is 3.72. The van der Waals surface area contributed by atoms with Gasteiger partial charge in [-0.25, -0.2) is 4.40 Å². The summed E-state index contributed by atoms with van der Waals surface area (Å²) in [6, 6.07) is 7.92. The summed E-state index contributed by atoms with van der Waals surface area (Å²) in [5.74, 6) is 1.77. The first-order valence-electron chi connectivity index (χ1n) is 9.24. The summed E-state index contributed by atoms with van der Waals surface area (Å²) in [5.41, 5.74) is 1.07. The van der Waals surface area contributed by atoms with Crippen LogP contribution in [-0.2, 0) is 11.3 Å². The van der Waals surface area contributed by atoms with Crippen molar-refractivity contribution in [3.05, 3.63) is 34.3 Å². The summed E-state index contributed by atoms with van der Waals surface area (Å²) < 4.78 is 2.75. The Bertz CT molecular complexity index is 978. The first kappa shape index (κ1) is 21.3. The molecule has 2 N–H and O–H groups in total. The Balaban J connectivity index is 1.70. The maximum atomic E-state index is 12.6. The van der Waals surface area contributed by atoms with Gasteiger partial charge in [0.25, 0.3) is 5.78 Å². The van der Waals surface area contributed by atoms with Crippen LogP contribution in [0.1, 0.15) is 19.4 Å². The predicted octanol–water partition coefficient (Wildman–Crippen LogP) is 2.90. The minimum atomic E-state index is 0.00450. The molecule has 9 nitrogen and oxygen atoms in total. The fourth-order valence-electron chi connectivity index (χ4n) is 2.59. The summed E-state index contributed by atoms with van der Waals surface area (Å²) in [4.78, 5) is 23.1. The largest absolute Gasteiger partial charge is 0.355 e. The highest BCUT2D eigenvalue weighted by Gasteiger charge is 2.17. The molecule has 0 aliphatic carbocycles. The highest BCUT2D eigenvalue weighted by Crippen LogP contribution is 2.21. The molecule has 0 bridgehead atoms. The van der Waals surface area contributed by atoms with Gasteiger partial charge in [0.05, 0.1) is 5.75 Å². The number of fused-ring (bicyclic) bond motifs is 1. The fraction of sp³-hybridized carbons (Fsp3) is 0.389. The third-order valence-corrected chi connectivity index (χ3v) is 5.44. The van der Waals surface area contributed by atoms with E-state index >= 15 is 0 Å². The van der Waals surface area contributed by atoms with Crippen molar-refractivity contribution >= 4 is 51.3 Å². The summed E-state index contributed by atoms with van der Waals surface area (Å²) in [6.45, 7) is 5.90. The lowest BCUT2D eigenvalue weighted by Crippen LogP contribution is -2.27. The maximum Gasteiger partial charge on any atom is 0.261 e. The van der Waals surface area contributed by atoms with Crippen molar-refractivity contribution in [1.82, 2.24) is 29.5 Å². The van der Waals surface area contributed by atoms with Crippen molar-refractivity contribution in [2.45, 2.75) is 25.5 Å². The van der Waals surface area contributed by atoms with Gasteiger partial charge in [0.2, 0.25) is 17.8 Å². The molecule has 1 amide bonds. The molecule has 0 radical (unpaired) electrons. The Kier molecular flexibility index (Phi) is 7.26. The molecule has 3 aromatic rings. The molecule has 1 aromatic carbocycles. The smallest absolute Gasteiger partial charge is 0.261 e. The number of carbonyl (C=O) groups excluding carboxylic acids is 1. The Morgan fingerprint density at radius 1 is 1.14 bits per heavy atom. The van der Waals surface area contributed by atoms with Crippen LogP contribution in [0, 0.1) is 0 Å². The van der Waals surface area contributed by atoms with Gasteiger partial charge in [-0.15, -0.1) is 10.2 Å². The number of amides is 1. The van der Waals surface area contributed by atoms with Crippen molar-refractivity contribution in [3.8, 4) is 0 Å². The van der Waals surface area contributed by atoms with Gasteiger partial charge in [-0.1, -0.05) is 39.8 Å². The molecule has 154 valence electrons. The van der Waals surface area contributed by atoms with Crippen LogP contribution in [0.25, 0.3) is 5.78 Å². The van der Waals surface area contributed by atoms with Gasteiger partial charge >= 0.3 is 0 Å². The molecule has 0 aliphatic rings. The number of anilines is 2. The average Bonchev–Trinajstić information content (AvgIpc) is 3.11. The van der Waals surface area contributed by atoms with Crippen LogP contribution in [0.2, 0.25) is 0 Å². The van der Waals surface area contributed by atoms with Crippen molar-refractivity contribution < 1.29 is 4.79 Å². The van der Waals surface area contributed by atoms with Crippen molar-refractivity contribution in [1.29, 1.82) is 0 Å². The number of thioether (sulfide) groups is 1. The maximum absolute atomic E-state index is 12.6. The normalized spacial score (nSPS) is 10.9. The molecule has 0 spiro atoms. The van der Waals surface area contributed by atoms with Crippen LogP contribution in [-0.4, -0.2) is 61.3 Å². The molecule has 11 heteroatoms. The quantitative estimate of drug-likeness (QED) is 0.452. The van der Waals surface area contributed by atoms with E-state index in [9.17, 15) is 4.79 Å². The van der Waals surface area contributed by atoms with Crippen molar-refractivity contribution in [3.63, 3.8) is 0 Å². The average molecular weight is 479 g/mol. The molecule has 0 fully saturated rings. The van der Waals surface area contributed by atoms with E-state index in [-0.39, 0.29) is 11.7 Å². The molecule has 0 saturated heterocycles. The van der Waals surface area contributed by atoms with E-state index in [0.29, 0.717) is 42.5 Å². The van der Waals surface area contributed by atoms with Gasteiger partial charge in [-0.3, -0.25) is 4.79 Å². The lowest BCUT2D eigenvalue weighted by Gasteiger charge is -2.17. The summed E-state index contributed by atoms with van der Waals surface area (Å²) in [7, 11) is 1.79. The third-order valence-electron chi connectivity index (χ3n) is 4.00. The van der Waals surface area contributed by atoms with E-state index in [1.165, 1.54) is 11.8 Å². The highest BCUT2D eigenvalue weighted by atomic mass is 79.9. The SMILES string of the molecule is CCNc1nc(NCC)n2c(SCC(=O)N(C)Cc3ccc(Br)cc3)nnc2n1. The zero-order valence-electron chi connectivity index (χ0n) is 16.5. The number of nitrogens with one attached hydrogen (secondary N) is 2. The van der Waals surface area contributed by atoms with E-state index < -0.39 is 0 Å². The van der Waals surface area contributed by atoms with Gasteiger partial charge in [0.15, 0.2) is 5.16 Å². The Morgan fingerprint density at radius 2 is 1.86 bits per heavy atom. The van der Waals surface area contributed by atoms with Gasteiger partial charge in [-0.05, 0) is 31.5 Å². The molecule has 2 aromatic heterocycles. The van der Waals surface area contributed by atoms with E-state index in [1.54, 1.807) is 16.3 Å². The zero-order valence-corrected chi connectivity index (χ0v) is 18.9. The van der Waals surface area contributed by atoms with Crippen LogP contribution in [0.5, 0.6) is 0 Å². The lowest BCUT2D eigenvalue weighted by molar-refractivity contribution is -0.127. The van der Waals surface area contributed by atoms with E-state index in [0.717, 1.165) is 10.0 Å². The number of halogens is 1. The van der Waals surface area contributed by atoms with Gasteiger partial charge in [-0.2, -0.15) is 9.97 Å². The van der Waals surface area contributed by atoms with Gasteiger partial charge < -0.3 is 15.5 Å². The lowest BCUT2D eigenvalue weighted by atomic mass is 10.2. The molecule has 0 atom stereocenters. The second-order valence-electron chi connectivity index (χ2n) is 6.21. The standard InChI is InChI=1S/C18H23BrN8OS/c1-4-20-15-22-16(21-5-2)27-17(23-15)24-25-18(27)29-11-14(28)26(3)10-12-6-8-13(19)9-7-12/h6-9H,4-5,10-11H2,1-3H3,(H2,20,21,22,23,24). The number of aromatic nitrogens is 5. The van der Waals surface area contributed by atoms with E-state index in [4.69, 9.17) is 0 Å². The highest BCUT2D eigenvalue weighted by molar-refractivity contribution is 9.10. The number of hydrogen-bond donors (Lipinski definition) is 2. The molecule has 2 heterocycles. The molecule has 0 unspecified atom stereocenters. The van der Waals surface area contributed by atoms with Crippen molar-refractivity contribution in [2.24, 2.45) is 0 Å². The number of rotatable bonds is 9. The van der Waals surface area contributed by atoms with Gasteiger partial charge in [0.1, 0.15) is 0 Å². The Hall–Kier alpha value is -2.40. The second-order valence-corrected chi connectivity index (χ2v) is 8.07. The predicted molar refractivity (Wildman–Crippen MR) is 118 cm³/mol. The molecular formula is C18H23BrN8OS. The number of carbonyl (C=O) groups is 1. The first-order valence-corrected chi connectivity index (χ1v) is 11.0. The molecule has 0 saturated carbocycles. The number of benzene rings is 1. The van der Waals surface area contributed by atoms with Crippen molar-refractivity contribution in [2.75, 3.05) is 36.5 Å². The molecular weight excluding hydrogens is 456 g/mol. The second kappa shape index (κ2) is 9.88. The molecule has 0 aliphatic heterocycles. The van der Waals surface area contributed by atoms with Crippen LogP contribution in [0.15, 0.2) is 33.9 Å². The van der Waals surface area contributed by atoms with Crippen LogP contribution >= 0.6 is 27.7 Å². The van der Waals surface area contributed by atoms with Gasteiger partial charge in [0, 0.05) is 31.2 Å².